The molecule has 27 heavy (non-hydrogen) atoms. The maximum absolute atomic E-state index is 12.6. The third-order valence-electron chi connectivity index (χ3n) is 5.59. The van der Waals surface area contributed by atoms with Crippen LogP contribution >= 0.6 is 0 Å². The van der Waals surface area contributed by atoms with Crippen molar-refractivity contribution in [2.75, 3.05) is 23.3 Å². The highest BCUT2D eigenvalue weighted by Gasteiger charge is 2.25. The van der Waals surface area contributed by atoms with Gasteiger partial charge in [0.15, 0.2) is 0 Å². The summed E-state index contributed by atoms with van der Waals surface area (Å²) in [5.74, 6) is 1.50. The van der Waals surface area contributed by atoms with Crippen LogP contribution in [0.3, 0.4) is 0 Å². The van der Waals surface area contributed by atoms with Gasteiger partial charge in [0.1, 0.15) is 17.1 Å². The standard InChI is InChI=1S/C21H25N3O3/c1-14-12-17(15-6-5-7-15)27-21(26)19(14)20(25)23-16-8-9-18(22-13-16)24-10-3-2-4-11-24/h8-9,12-13,15H,2-7,10-11H2,1H3,(H,23,25). The monoisotopic (exact) mass is 367 g/mol. The Kier molecular flexibility index (Phi) is 4.97. The van der Waals surface area contributed by atoms with Gasteiger partial charge in [-0.1, -0.05) is 6.42 Å². The summed E-state index contributed by atoms with van der Waals surface area (Å²) in [5.41, 5.74) is 0.733. The number of amides is 1. The molecule has 1 N–H and O–H groups in total. The minimum atomic E-state index is -0.563. The lowest BCUT2D eigenvalue weighted by Crippen LogP contribution is -2.30. The number of nitrogens with one attached hydrogen (secondary N) is 1. The number of aryl methyl sites for hydroxylation is 1. The average Bonchev–Trinajstić information content (AvgIpc) is 2.61. The number of carbonyl (C=O) groups excluding carboxylic acids is 1. The van der Waals surface area contributed by atoms with Crippen LogP contribution in [0.15, 0.2) is 33.6 Å². The Balaban J connectivity index is 1.48. The van der Waals surface area contributed by atoms with Crippen molar-refractivity contribution in [3.05, 3.63) is 51.7 Å². The van der Waals surface area contributed by atoms with Crippen molar-refractivity contribution in [3.63, 3.8) is 0 Å². The lowest BCUT2D eigenvalue weighted by molar-refractivity contribution is 0.102. The molecule has 1 amide bonds. The maximum atomic E-state index is 12.6. The van der Waals surface area contributed by atoms with Crippen LogP contribution in [0.1, 0.15) is 66.1 Å². The molecule has 1 saturated heterocycles. The Bertz CT molecular complexity index is 879. The topological polar surface area (TPSA) is 75.4 Å². The molecule has 2 aliphatic rings. The predicted octanol–water partition coefficient (Wildman–Crippen LogP) is 3.85. The van der Waals surface area contributed by atoms with E-state index in [0.29, 0.717) is 22.9 Å². The molecule has 0 atom stereocenters. The molecule has 6 heteroatoms. The zero-order chi connectivity index (χ0) is 18.8. The molecule has 0 unspecified atom stereocenters. The van der Waals surface area contributed by atoms with Crippen molar-refractivity contribution in [2.24, 2.45) is 0 Å². The molecule has 1 saturated carbocycles. The third-order valence-corrected chi connectivity index (χ3v) is 5.59. The van der Waals surface area contributed by atoms with Crippen LogP contribution < -0.4 is 15.8 Å². The summed E-state index contributed by atoms with van der Waals surface area (Å²) in [5, 5.41) is 2.77. The molecular formula is C21H25N3O3. The molecule has 0 spiro atoms. The second-order valence-corrected chi connectivity index (χ2v) is 7.53. The number of aromatic nitrogens is 1. The Labute approximate surface area is 158 Å². The Morgan fingerprint density at radius 2 is 1.96 bits per heavy atom. The number of hydrogen-bond acceptors (Lipinski definition) is 5. The van der Waals surface area contributed by atoms with Crippen molar-refractivity contribution >= 4 is 17.4 Å². The largest absolute Gasteiger partial charge is 0.427 e. The van der Waals surface area contributed by atoms with Crippen molar-refractivity contribution < 1.29 is 9.21 Å². The summed E-state index contributed by atoms with van der Waals surface area (Å²) < 4.78 is 5.41. The maximum Gasteiger partial charge on any atom is 0.349 e. The van der Waals surface area contributed by atoms with Crippen LogP contribution in [0.25, 0.3) is 0 Å². The first-order chi connectivity index (χ1) is 13.1. The molecule has 3 heterocycles. The Morgan fingerprint density at radius 3 is 2.56 bits per heavy atom. The van der Waals surface area contributed by atoms with Gasteiger partial charge in [-0.15, -0.1) is 0 Å². The van der Waals surface area contributed by atoms with Crippen LogP contribution in [0.2, 0.25) is 0 Å². The molecule has 4 rings (SSSR count). The van der Waals surface area contributed by atoms with E-state index in [1.807, 2.05) is 18.2 Å². The van der Waals surface area contributed by atoms with Crippen LogP contribution in [-0.4, -0.2) is 24.0 Å². The third kappa shape index (κ3) is 3.75. The van der Waals surface area contributed by atoms with Gasteiger partial charge >= 0.3 is 5.63 Å². The molecule has 0 radical (unpaired) electrons. The van der Waals surface area contributed by atoms with Gasteiger partial charge in [-0.25, -0.2) is 9.78 Å². The first kappa shape index (κ1) is 17.8. The number of carbonyl (C=O) groups is 1. The van der Waals surface area contributed by atoms with E-state index < -0.39 is 11.5 Å². The highest BCUT2D eigenvalue weighted by atomic mass is 16.4. The van der Waals surface area contributed by atoms with E-state index in [1.165, 1.54) is 19.3 Å². The van der Waals surface area contributed by atoms with Gasteiger partial charge in [0.05, 0.1) is 11.9 Å². The first-order valence-electron chi connectivity index (χ1n) is 9.79. The second-order valence-electron chi connectivity index (χ2n) is 7.53. The van der Waals surface area contributed by atoms with E-state index in [-0.39, 0.29) is 5.56 Å². The van der Waals surface area contributed by atoms with Gasteiger partial charge in [-0.05, 0) is 62.8 Å². The molecule has 2 aromatic heterocycles. The first-order valence-corrected chi connectivity index (χ1v) is 9.79. The molecule has 2 fully saturated rings. The van der Waals surface area contributed by atoms with Gasteiger partial charge in [0, 0.05) is 19.0 Å². The lowest BCUT2D eigenvalue weighted by atomic mass is 9.83. The number of pyridine rings is 1. The van der Waals surface area contributed by atoms with Crippen LogP contribution in [0.5, 0.6) is 0 Å². The molecule has 1 aliphatic heterocycles. The number of rotatable bonds is 4. The van der Waals surface area contributed by atoms with E-state index in [4.69, 9.17) is 4.42 Å². The van der Waals surface area contributed by atoms with Crippen LogP contribution in [0, 0.1) is 6.92 Å². The fraction of sp³-hybridized carbons (Fsp3) is 0.476. The van der Waals surface area contributed by atoms with E-state index >= 15 is 0 Å². The minimum Gasteiger partial charge on any atom is -0.427 e. The molecule has 6 nitrogen and oxygen atoms in total. The highest BCUT2D eigenvalue weighted by molar-refractivity contribution is 6.04. The van der Waals surface area contributed by atoms with E-state index in [1.54, 1.807) is 13.1 Å². The van der Waals surface area contributed by atoms with E-state index in [2.05, 4.69) is 15.2 Å². The fourth-order valence-electron chi connectivity index (χ4n) is 3.76. The summed E-state index contributed by atoms with van der Waals surface area (Å²) in [6, 6.07) is 5.57. The molecular weight excluding hydrogens is 342 g/mol. The van der Waals surface area contributed by atoms with Crippen molar-refractivity contribution in [1.29, 1.82) is 0 Å². The summed E-state index contributed by atoms with van der Waals surface area (Å²) in [7, 11) is 0. The zero-order valence-corrected chi connectivity index (χ0v) is 15.7. The average molecular weight is 367 g/mol. The van der Waals surface area contributed by atoms with Crippen molar-refractivity contribution in [1.82, 2.24) is 4.98 Å². The van der Waals surface area contributed by atoms with Gasteiger partial charge in [0.2, 0.25) is 0 Å². The smallest absolute Gasteiger partial charge is 0.349 e. The molecule has 0 bridgehead atoms. The Morgan fingerprint density at radius 1 is 1.19 bits per heavy atom. The van der Waals surface area contributed by atoms with Crippen molar-refractivity contribution in [2.45, 2.75) is 51.4 Å². The zero-order valence-electron chi connectivity index (χ0n) is 15.7. The molecule has 1 aliphatic carbocycles. The normalized spacial score (nSPS) is 17.4. The summed E-state index contributed by atoms with van der Waals surface area (Å²) in [4.78, 5) is 31.7. The van der Waals surface area contributed by atoms with Gasteiger partial charge in [-0.3, -0.25) is 4.79 Å². The van der Waals surface area contributed by atoms with Gasteiger partial charge in [-0.2, -0.15) is 0 Å². The number of piperidine rings is 1. The molecule has 142 valence electrons. The summed E-state index contributed by atoms with van der Waals surface area (Å²) in [6.07, 6.45) is 8.54. The van der Waals surface area contributed by atoms with E-state index in [0.717, 1.165) is 38.2 Å². The lowest BCUT2D eigenvalue weighted by Gasteiger charge is -2.27. The SMILES string of the molecule is Cc1cc(C2CCC2)oc(=O)c1C(=O)Nc1ccc(N2CCCCC2)nc1. The molecule has 0 aromatic carbocycles. The fourth-order valence-corrected chi connectivity index (χ4v) is 3.76. The van der Waals surface area contributed by atoms with Crippen LogP contribution in [0.4, 0.5) is 11.5 Å². The molecule has 2 aromatic rings. The summed E-state index contributed by atoms with van der Waals surface area (Å²) >= 11 is 0. The number of hydrogen-bond donors (Lipinski definition) is 1. The highest BCUT2D eigenvalue weighted by Crippen LogP contribution is 2.36. The van der Waals surface area contributed by atoms with Gasteiger partial charge < -0.3 is 14.6 Å². The minimum absolute atomic E-state index is 0.0678. The quantitative estimate of drug-likeness (QED) is 0.888. The predicted molar refractivity (Wildman–Crippen MR) is 105 cm³/mol. The number of nitrogens with zero attached hydrogens (tertiary/aromatic N) is 2. The van der Waals surface area contributed by atoms with Gasteiger partial charge in [0.25, 0.3) is 5.91 Å². The Hall–Kier alpha value is -2.63. The van der Waals surface area contributed by atoms with E-state index in [9.17, 15) is 9.59 Å². The second kappa shape index (κ2) is 7.55. The van der Waals surface area contributed by atoms with Crippen molar-refractivity contribution in [3.8, 4) is 0 Å². The number of anilines is 2. The van der Waals surface area contributed by atoms with Crippen LogP contribution in [-0.2, 0) is 0 Å². The summed E-state index contributed by atoms with van der Waals surface area (Å²) in [6.45, 7) is 3.82.